The quantitative estimate of drug-likeness (QED) is 0.742. The Balaban J connectivity index is 1.74. The van der Waals surface area contributed by atoms with Crippen LogP contribution in [0, 0.1) is 0 Å². The highest BCUT2D eigenvalue weighted by Gasteiger charge is 2.21. The van der Waals surface area contributed by atoms with Crippen LogP contribution in [0.3, 0.4) is 0 Å². The second-order valence-electron chi connectivity index (χ2n) is 4.54. The second kappa shape index (κ2) is 3.68. The van der Waals surface area contributed by atoms with E-state index in [9.17, 15) is 0 Å². The maximum Gasteiger partial charge on any atom is 0.157 e. The van der Waals surface area contributed by atoms with Crippen molar-refractivity contribution in [1.82, 2.24) is 20.3 Å². The van der Waals surface area contributed by atoms with Crippen LogP contribution in [0.4, 0.5) is 0 Å². The van der Waals surface area contributed by atoms with Crippen LogP contribution in [-0.4, -0.2) is 28.1 Å². The zero-order valence-corrected chi connectivity index (χ0v) is 9.71. The van der Waals surface area contributed by atoms with Crippen LogP contribution < -0.4 is 5.32 Å². The van der Waals surface area contributed by atoms with E-state index in [2.05, 4.69) is 15.6 Å². The van der Waals surface area contributed by atoms with E-state index in [1.807, 2.05) is 41.2 Å². The van der Waals surface area contributed by atoms with Gasteiger partial charge in [0.2, 0.25) is 0 Å². The Bertz CT molecular complexity index is 663. The van der Waals surface area contributed by atoms with Crippen LogP contribution in [0.25, 0.3) is 22.4 Å². The van der Waals surface area contributed by atoms with E-state index < -0.39 is 0 Å². The lowest BCUT2D eigenvalue weighted by Gasteiger charge is -2.26. The van der Waals surface area contributed by atoms with Crippen molar-refractivity contribution in [2.24, 2.45) is 0 Å². The number of furan rings is 1. The minimum atomic E-state index is 0.427. The fourth-order valence-corrected chi connectivity index (χ4v) is 2.14. The van der Waals surface area contributed by atoms with Gasteiger partial charge in [-0.25, -0.2) is 4.68 Å². The average Bonchev–Trinajstić information content (AvgIpc) is 2.91. The summed E-state index contributed by atoms with van der Waals surface area (Å²) in [5.41, 5.74) is 1.67. The lowest BCUT2D eigenvalue weighted by molar-refractivity contribution is 0.313. The lowest BCUT2D eigenvalue weighted by Crippen LogP contribution is -2.43. The molecule has 1 aromatic carbocycles. The highest BCUT2D eigenvalue weighted by atomic mass is 16.3. The van der Waals surface area contributed by atoms with E-state index in [1.54, 1.807) is 0 Å². The standard InChI is InChI=1S/C13H12N4O/c1-2-4-12-9(3-1)5-13(18-12)11-8-17(16-15-11)10-6-14-7-10/h1-5,8,10,14H,6-7H2. The molecule has 0 bridgehead atoms. The summed E-state index contributed by atoms with van der Waals surface area (Å²) in [4.78, 5) is 0. The minimum absolute atomic E-state index is 0.427. The van der Waals surface area contributed by atoms with Crippen molar-refractivity contribution in [2.45, 2.75) is 6.04 Å². The van der Waals surface area contributed by atoms with Crippen molar-refractivity contribution in [3.63, 3.8) is 0 Å². The number of aromatic nitrogens is 3. The fraction of sp³-hybridized carbons (Fsp3) is 0.231. The van der Waals surface area contributed by atoms with Crippen molar-refractivity contribution in [2.75, 3.05) is 13.1 Å². The number of hydrogen-bond acceptors (Lipinski definition) is 4. The number of fused-ring (bicyclic) bond motifs is 1. The van der Waals surface area contributed by atoms with Crippen LogP contribution in [0.2, 0.25) is 0 Å². The second-order valence-corrected chi connectivity index (χ2v) is 4.54. The number of rotatable bonds is 2. The lowest BCUT2D eigenvalue weighted by atomic mass is 10.2. The fourth-order valence-electron chi connectivity index (χ4n) is 2.14. The Kier molecular flexibility index (Phi) is 2.01. The van der Waals surface area contributed by atoms with Gasteiger partial charge in [-0.2, -0.15) is 0 Å². The summed E-state index contributed by atoms with van der Waals surface area (Å²) < 4.78 is 7.67. The Labute approximate surface area is 103 Å². The number of nitrogens with one attached hydrogen (secondary N) is 1. The van der Waals surface area contributed by atoms with E-state index >= 15 is 0 Å². The van der Waals surface area contributed by atoms with E-state index in [1.165, 1.54) is 0 Å². The minimum Gasteiger partial charge on any atom is -0.454 e. The summed E-state index contributed by atoms with van der Waals surface area (Å²) in [7, 11) is 0. The van der Waals surface area contributed by atoms with Crippen LogP contribution in [0.1, 0.15) is 6.04 Å². The predicted molar refractivity (Wildman–Crippen MR) is 67.1 cm³/mol. The Hall–Kier alpha value is -2.14. The maximum absolute atomic E-state index is 5.77. The first-order chi connectivity index (χ1) is 8.90. The van der Waals surface area contributed by atoms with Crippen LogP contribution in [0.15, 0.2) is 40.9 Å². The summed E-state index contributed by atoms with van der Waals surface area (Å²) in [5.74, 6) is 0.773. The normalized spacial score (nSPS) is 16.0. The van der Waals surface area contributed by atoms with Crippen LogP contribution in [-0.2, 0) is 0 Å². The Morgan fingerprint density at radius 3 is 2.94 bits per heavy atom. The van der Waals surface area contributed by atoms with Gasteiger partial charge in [-0.3, -0.25) is 0 Å². The number of benzene rings is 1. The molecule has 3 aromatic rings. The topological polar surface area (TPSA) is 55.9 Å². The van der Waals surface area contributed by atoms with Crippen molar-refractivity contribution in [3.05, 3.63) is 36.5 Å². The summed E-state index contributed by atoms with van der Waals surface area (Å²) in [5, 5.41) is 12.6. The number of hydrogen-bond donors (Lipinski definition) is 1. The highest BCUT2D eigenvalue weighted by molar-refractivity contribution is 5.81. The molecule has 3 heterocycles. The summed E-state index contributed by atoms with van der Waals surface area (Å²) in [6, 6.07) is 10.4. The molecule has 0 unspecified atom stereocenters. The molecule has 1 saturated heterocycles. The van der Waals surface area contributed by atoms with Gasteiger partial charge in [-0.05, 0) is 12.1 Å². The van der Waals surface area contributed by atoms with Crippen LogP contribution >= 0.6 is 0 Å². The first-order valence-electron chi connectivity index (χ1n) is 6.02. The summed E-state index contributed by atoms with van der Waals surface area (Å²) >= 11 is 0. The molecule has 0 spiro atoms. The molecule has 1 aliphatic heterocycles. The molecule has 90 valence electrons. The molecule has 0 saturated carbocycles. The molecule has 0 radical (unpaired) electrons. The van der Waals surface area contributed by atoms with Crippen molar-refractivity contribution in [1.29, 1.82) is 0 Å². The van der Waals surface area contributed by atoms with E-state index in [0.717, 1.165) is 35.5 Å². The summed E-state index contributed by atoms with van der Waals surface area (Å²) in [6.45, 7) is 1.92. The van der Waals surface area contributed by atoms with Gasteiger partial charge in [0.05, 0.1) is 12.2 Å². The molecule has 1 N–H and O–H groups in total. The third-order valence-electron chi connectivity index (χ3n) is 3.32. The van der Waals surface area contributed by atoms with Gasteiger partial charge in [0, 0.05) is 18.5 Å². The van der Waals surface area contributed by atoms with Gasteiger partial charge in [-0.1, -0.05) is 23.4 Å². The molecule has 0 amide bonds. The molecule has 5 heteroatoms. The third kappa shape index (κ3) is 1.44. The van der Waals surface area contributed by atoms with Crippen molar-refractivity contribution in [3.8, 4) is 11.5 Å². The average molecular weight is 240 g/mol. The largest absolute Gasteiger partial charge is 0.454 e. The van der Waals surface area contributed by atoms with Gasteiger partial charge in [0.1, 0.15) is 11.3 Å². The highest BCUT2D eigenvalue weighted by Crippen LogP contribution is 2.26. The molecule has 4 rings (SSSR count). The molecule has 0 atom stereocenters. The molecule has 18 heavy (non-hydrogen) atoms. The number of nitrogens with zero attached hydrogens (tertiary/aromatic N) is 3. The molecule has 1 fully saturated rings. The first-order valence-corrected chi connectivity index (χ1v) is 6.02. The smallest absolute Gasteiger partial charge is 0.157 e. The predicted octanol–water partition coefficient (Wildman–Crippen LogP) is 1.84. The number of para-hydroxylation sites is 1. The first kappa shape index (κ1) is 9.85. The Morgan fingerprint density at radius 2 is 2.17 bits per heavy atom. The van der Waals surface area contributed by atoms with Gasteiger partial charge < -0.3 is 9.73 Å². The van der Waals surface area contributed by atoms with Gasteiger partial charge in [0.15, 0.2) is 5.76 Å². The summed E-state index contributed by atoms with van der Waals surface area (Å²) in [6.07, 6.45) is 1.95. The monoisotopic (exact) mass is 240 g/mol. The van der Waals surface area contributed by atoms with Gasteiger partial charge in [0.25, 0.3) is 0 Å². The molecule has 2 aromatic heterocycles. The van der Waals surface area contributed by atoms with E-state index in [0.29, 0.717) is 6.04 Å². The van der Waals surface area contributed by atoms with Crippen molar-refractivity contribution >= 4 is 11.0 Å². The molecule has 5 nitrogen and oxygen atoms in total. The van der Waals surface area contributed by atoms with Gasteiger partial charge in [-0.15, -0.1) is 5.10 Å². The van der Waals surface area contributed by atoms with E-state index in [-0.39, 0.29) is 0 Å². The Morgan fingerprint density at radius 1 is 1.28 bits per heavy atom. The SMILES string of the molecule is c1ccc2oc(-c3cn(C4CNC4)nn3)cc2c1. The molecule has 1 aliphatic rings. The van der Waals surface area contributed by atoms with Gasteiger partial charge >= 0.3 is 0 Å². The van der Waals surface area contributed by atoms with Crippen molar-refractivity contribution < 1.29 is 4.42 Å². The molecular formula is C13H12N4O. The zero-order chi connectivity index (χ0) is 11.9. The molecular weight excluding hydrogens is 228 g/mol. The maximum atomic E-state index is 5.77. The van der Waals surface area contributed by atoms with Crippen LogP contribution in [0.5, 0.6) is 0 Å². The third-order valence-corrected chi connectivity index (χ3v) is 3.32. The zero-order valence-electron chi connectivity index (χ0n) is 9.71. The molecule has 0 aliphatic carbocycles. The van der Waals surface area contributed by atoms with E-state index in [4.69, 9.17) is 4.42 Å².